The minimum Gasteiger partial charge on any atom is -0.497 e. The summed E-state index contributed by atoms with van der Waals surface area (Å²) in [5, 5.41) is 9.97. The molecule has 1 heterocycles. The fourth-order valence-electron chi connectivity index (χ4n) is 1.94. The Morgan fingerprint density at radius 3 is 2.65 bits per heavy atom. The summed E-state index contributed by atoms with van der Waals surface area (Å²) >= 11 is 5.21. The Labute approximate surface area is 153 Å². The fraction of sp³-hybridized carbons (Fsp3) is 0.333. The largest absolute Gasteiger partial charge is 0.497 e. The average molecular weight is 390 g/mol. The van der Waals surface area contributed by atoms with E-state index in [4.69, 9.17) is 21.7 Å². The van der Waals surface area contributed by atoms with E-state index in [9.17, 15) is 13.2 Å². The number of methoxy groups -OCH3 is 2. The summed E-state index contributed by atoms with van der Waals surface area (Å²) in [7, 11) is 3.06. The molecule has 0 aliphatic rings. The van der Waals surface area contributed by atoms with E-state index in [0.717, 1.165) is 0 Å². The molecule has 11 heteroatoms. The second-order valence-corrected chi connectivity index (χ2v) is 5.41. The molecule has 1 aromatic carbocycles. The van der Waals surface area contributed by atoms with Gasteiger partial charge in [0.05, 0.1) is 38.0 Å². The molecule has 0 spiro atoms. The molecule has 0 saturated heterocycles. The maximum absolute atomic E-state index is 12.0. The van der Waals surface area contributed by atoms with Crippen molar-refractivity contribution in [3.63, 3.8) is 0 Å². The molecule has 142 valence electrons. The summed E-state index contributed by atoms with van der Waals surface area (Å²) < 4.78 is 52.2. The van der Waals surface area contributed by atoms with E-state index >= 15 is 0 Å². The van der Waals surface area contributed by atoms with Gasteiger partial charge in [-0.15, -0.1) is 0 Å². The highest BCUT2D eigenvalue weighted by molar-refractivity contribution is 7.80. The third kappa shape index (κ3) is 6.08. The van der Waals surface area contributed by atoms with Gasteiger partial charge in [0, 0.05) is 6.07 Å². The molecule has 0 bridgehead atoms. The summed E-state index contributed by atoms with van der Waals surface area (Å²) in [6, 6.07) is 5.17. The quantitative estimate of drug-likeness (QED) is 0.704. The molecule has 0 fully saturated rings. The number of hydrogen-bond acceptors (Lipinski definition) is 5. The Kier molecular flexibility index (Phi) is 6.64. The monoisotopic (exact) mass is 390 g/mol. The van der Waals surface area contributed by atoms with Crippen LogP contribution >= 0.6 is 12.2 Å². The Bertz CT molecular complexity index is 752. The van der Waals surface area contributed by atoms with Crippen LogP contribution < -0.4 is 20.1 Å². The molecule has 0 aliphatic heterocycles. The first-order chi connectivity index (χ1) is 12.3. The van der Waals surface area contributed by atoms with Gasteiger partial charge in [0.15, 0.2) is 5.11 Å². The standard InChI is InChI=1S/C15H17F3N4O3S/c1-23-11-3-4-12(13(5-11)24-2)21-14(26)20-10-6-19-22(7-10)9-25-8-15(16,17)18/h3-7H,8-9H2,1-2H3,(H2,20,21,26). The number of rotatable bonds is 7. The molecule has 2 N–H and O–H groups in total. The number of benzene rings is 1. The number of nitrogens with one attached hydrogen (secondary N) is 2. The summed E-state index contributed by atoms with van der Waals surface area (Å²) in [6.45, 7) is -1.67. The van der Waals surface area contributed by atoms with Crippen LogP contribution in [0.25, 0.3) is 0 Å². The Morgan fingerprint density at radius 2 is 2.00 bits per heavy atom. The zero-order valence-electron chi connectivity index (χ0n) is 14.0. The highest BCUT2D eigenvalue weighted by Crippen LogP contribution is 2.29. The fourth-order valence-corrected chi connectivity index (χ4v) is 2.17. The number of hydrogen-bond donors (Lipinski definition) is 2. The lowest BCUT2D eigenvalue weighted by Gasteiger charge is -2.13. The maximum atomic E-state index is 12.0. The van der Waals surface area contributed by atoms with Crippen LogP contribution in [0, 0.1) is 0 Å². The Morgan fingerprint density at radius 1 is 1.23 bits per heavy atom. The van der Waals surface area contributed by atoms with Crippen LogP contribution in [-0.4, -0.2) is 41.9 Å². The van der Waals surface area contributed by atoms with Gasteiger partial charge in [0.1, 0.15) is 24.8 Å². The summed E-state index contributed by atoms with van der Waals surface area (Å²) in [4.78, 5) is 0. The number of thiocarbonyl (C=S) groups is 1. The zero-order valence-corrected chi connectivity index (χ0v) is 14.8. The molecule has 0 amide bonds. The second kappa shape index (κ2) is 8.72. The van der Waals surface area contributed by atoms with Crippen molar-refractivity contribution in [3.8, 4) is 11.5 Å². The first kappa shape index (κ1) is 19.8. The molecular formula is C15H17F3N4O3S. The molecule has 1 aromatic heterocycles. The minimum atomic E-state index is -4.38. The molecule has 0 atom stereocenters. The first-order valence-corrected chi connectivity index (χ1v) is 7.68. The van der Waals surface area contributed by atoms with Crippen LogP contribution in [0.1, 0.15) is 0 Å². The maximum Gasteiger partial charge on any atom is 0.411 e. The van der Waals surface area contributed by atoms with Crippen LogP contribution in [-0.2, 0) is 11.5 Å². The van der Waals surface area contributed by atoms with Gasteiger partial charge in [0.2, 0.25) is 0 Å². The van der Waals surface area contributed by atoms with Gasteiger partial charge < -0.3 is 24.8 Å². The molecule has 0 aliphatic carbocycles. The van der Waals surface area contributed by atoms with Crippen LogP contribution in [0.4, 0.5) is 24.5 Å². The lowest BCUT2D eigenvalue weighted by Crippen LogP contribution is -2.19. The van der Waals surface area contributed by atoms with E-state index in [1.54, 1.807) is 25.3 Å². The normalized spacial score (nSPS) is 11.1. The third-order valence-electron chi connectivity index (χ3n) is 3.04. The summed E-state index contributed by atoms with van der Waals surface area (Å²) in [5.74, 6) is 1.16. The predicted molar refractivity (Wildman–Crippen MR) is 93.6 cm³/mol. The van der Waals surface area contributed by atoms with E-state index in [2.05, 4.69) is 20.5 Å². The SMILES string of the molecule is COc1ccc(NC(=S)Nc2cnn(COCC(F)(F)F)c2)c(OC)c1. The van der Waals surface area contributed by atoms with E-state index in [0.29, 0.717) is 22.9 Å². The molecule has 0 unspecified atom stereocenters. The van der Waals surface area contributed by atoms with Crippen molar-refractivity contribution in [1.82, 2.24) is 9.78 Å². The second-order valence-electron chi connectivity index (χ2n) is 5.01. The highest BCUT2D eigenvalue weighted by Gasteiger charge is 2.27. The number of alkyl halides is 3. The Hall–Kier alpha value is -2.53. The number of nitrogens with zero attached hydrogens (tertiary/aromatic N) is 2. The predicted octanol–water partition coefficient (Wildman–Crippen LogP) is 3.25. The van der Waals surface area contributed by atoms with Crippen molar-refractivity contribution in [2.45, 2.75) is 12.9 Å². The van der Waals surface area contributed by atoms with Crippen molar-refractivity contribution in [2.24, 2.45) is 0 Å². The first-order valence-electron chi connectivity index (χ1n) is 7.27. The topological polar surface area (TPSA) is 69.6 Å². The number of ether oxygens (including phenoxy) is 3. The number of halogens is 3. The van der Waals surface area contributed by atoms with Crippen LogP contribution in [0.5, 0.6) is 11.5 Å². The number of anilines is 2. The molecular weight excluding hydrogens is 373 g/mol. The van der Waals surface area contributed by atoms with Gasteiger partial charge in [-0.05, 0) is 24.4 Å². The van der Waals surface area contributed by atoms with Crippen molar-refractivity contribution < 1.29 is 27.4 Å². The number of aromatic nitrogens is 2. The lowest BCUT2D eigenvalue weighted by atomic mass is 10.2. The van der Waals surface area contributed by atoms with Gasteiger partial charge in [0.25, 0.3) is 0 Å². The van der Waals surface area contributed by atoms with Gasteiger partial charge in [-0.2, -0.15) is 18.3 Å². The van der Waals surface area contributed by atoms with Gasteiger partial charge in [-0.1, -0.05) is 0 Å². The molecule has 2 aromatic rings. The van der Waals surface area contributed by atoms with Gasteiger partial charge in [-0.3, -0.25) is 0 Å². The minimum absolute atomic E-state index is 0.254. The molecule has 0 saturated carbocycles. The third-order valence-corrected chi connectivity index (χ3v) is 3.24. The average Bonchev–Trinajstić information content (AvgIpc) is 3.01. The zero-order chi connectivity index (χ0) is 19.2. The summed E-state index contributed by atoms with van der Waals surface area (Å²) in [5.41, 5.74) is 1.11. The van der Waals surface area contributed by atoms with E-state index < -0.39 is 12.8 Å². The van der Waals surface area contributed by atoms with Gasteiger partial charge in [-0.25, -0.2) is 4.68 Å². The highest BCUT2D eigenvalue weighted by atomic mass is 32.1. The van der Waals surface area contributed by atoms with Crippen LogP contribution in [0.15, 0.2) is 30.6 Å². The van der Waals surface area contributed by atoms with Crippen molar-refractivity contribution >= 4 is 28.7 Å². The van der Waals surface area contributed by atoms with E-state index in [-0.39, 0.29) is 11.8 Å². The van der Waals surface area contributed by atoms with Crippen LogP contribution in [0.2, 0.25) is 0 Å². The van der Waals surface area contributed by atoms with E-state index in [1.165, 1.54) is 24.2 Å². The Balaban J connectivity index is 1.90. The van der Waals surface area contributed by atoms with Crippen molar-refractivity contribution in [2.75, 3.05) is 31.5 Å². The molecule has 0 radical (unpaired) electrons. The van der Waals surface area contributed by atoms with Crippen LogP contribution in [0.3, 0.4) is 0 Å². The van der Waals surface area contributed by atoms with Crippen molar-refractivity contribution in [3.05, 3.63) is 30.6 Å². The molecule has 26 heavy (non-hydrogen) atoms. The van der Waals surface area contributed by atoms with E-state index in [1.807, 2.05) is 0 Å². The molecule has 2 rings (SSSR count). The smallest absolute Gasteiger partial charge is 0.411 e. The lowest BCUT2D eigenvalue weighted by molar-refractivity contribution is -0.182. The summed E-state index contributed by atoms with van der Waals surface area (Å²) in [6.07, 6.45) is -1.50. The molecule has 7 nitrogen and oxygen atoms in total. The van der Waals surface area contributed by atoms with Crippen molar-refractivity contribution in [1.29, 1.82) is 0 Å². The van der Waals surface area contributed by atoms with Gasteiger partial charge >= 0.3 is 6.18 Å².